The number of Topliss-reactive ketones (excluding diaryl/α,β-unsaturated/α-hetero) is 2. The highest BCUT2D eigenvalue weighted by Gasteiger charge is 2.44. The van der Waals surface area contributed by atoms with E-state index in [4.69, 9.17) is 9.47 Å². The number of amides is 3. The van der Waals surface area contributed by atoms with Gasteiger partial charge in [-0.2, -0.15) is 0 Å². The predicted molar refractivity (Wildman–Crippen MR) is 275 cm³/mol. The molecule has 6 rings (SSSR count). The Labute approximate surface area is 414 Å². The first kappa shape index (κ1) is 57.0. The molecule has 1 saturated heterocycles. The van der Waals surface area contributed by atoms with Crippen LogP contribution in [0, 0.1) is 41.5 Å². The molecule has 4 aromatic carbocycles. The monoisotopic (exact) mass is 986 g/mol. The van der Waals surface area contributed by atoms with Crippen LogP contribution < -0.4 is 20.1 Å². The van der Waals surface area contributed by atoms with E-state index in [-0.39, 0.29) is 34.5 Å². The van der Waals surface area contributed by atoms with Crippen LogP contribution in [0.2, 0.25) is 0 Å². The SMILES string of the molecule is CC(=O)Cl.CN(C)P=S.COc1cccc(C(=O)NC2(C(=O)c3cc(C)cc(C)c3)CCCCC2)c1C.COc1cccc(C(=O)NC2(C(=O)c3cc(C)cc(C)c3)CCN(C(C)=O)CC2)c1C. The quantitative estimate of drug-likeness (QED) is 0.0844. The number of piperidine rings is 1. The summed E-state index contributed by atoms with van der Waals surface area (Å²) in [6, 6.07) is 22.4. The number of aryl methyl sites for hydroxylation is 4. The fourth-order valence-electron chi connectivity index (χ4n) is 8.67. The van der Waals surface area contributed by atoms with Gasteiger partial charge < -0.3 is 25.0 Å². The summed E-state index contributed by atoms with van der Waals surface area (Å²) in [6.45, 7) is 15.2. The van der Waals surface area contributed by atoms with Crippen molar-refractivity contribution in [3.8, 4) is 11.5 Å². The Hall–Kier alpha value is -5.33. The molecular weight excluding hydrogens is 919 g/mol. The van der Waals surface area contributed by atoms with Gasteiger partial charge in [0.2, 0.25) is 11.1 Å². The Kier molecular flexibility index (Phi) is 22.2. The Morgan fingerprint density at radius 3 is 1.26 bits per heavy atom. The molecule has 0 radical (unpaired) electrons. The van der Waals surface area contributed by atoms with Crippen molar-refractivity contribution >= 4 is 65.4 Å². The molecule has 0 aromatic heterocycles. The van der Waals surface area contributed by atoms with Crippen LogP contribution in [0.5, 0.6) is 11.5 Å². The van der Waals surface area contributed by atoms with Gasteiger partial charge in [0.15, 0.2) is 11.6 Å². The minimum absolute atomic E-state index is 0.0212. The number of hydrogen-bond acceptors (Lipinski definition) is 9. The summed E-state index contributed by atoms with van der Waals surface area (Å²) >= 11 is 9.21. The molecule has 0 unspecified atom stereocenters. The molecule has 12 nitrogen and oxygen atoms in total. The number of nitrogens with zero attached hydrogens (tertiary/aromatic N) is 2. The van der Waals surface area contributed by atoms with Crippen LogP contribution in [0.1, 0.15) is 134 Å². The Morgan fingerprint density at radius 2 is 0.956 bits per heavy atom. The number of hydrogen-bond donors (Lipinski definition) is 2. The van der Waals surface area contributed by atoms with E-state index in [1.165, 1.54) is 13.8 Å². The fourth-order valence-corrected chi connectivity index (χ4v) is 8.67. The van der Waals surface area contributed by atoms with Gasteiger partial charge in [0.1, 0.15) is 22.6 Å². The number of carbonyl (C=O) groups excluding carboxylic acids is 6. The van der Waals surface area contributed by atoms with Crippen molar-refractivity contribution in [3.63, 3.8) is 0 Å². The van der Waals surface area contributed by atoms with E-state index < -0.39 is 11.1 Å². The van der Waals surface area contributed by atoms with Gasteiger partial charge in [-0.15, -0.1) is 0 Å². The average molecular weight is 988 g/mol. The number of ketones is 2. The molecule has 1 aliphatic heterocycles. The largest absolute Gasteiger partial charge is 0.496 e. The minimum atomic E-state index is -1.07. The summed E-state index contributed by atoms with van der Waals surface area (Å²) in [6.07, 6.45) is 5.05. The number of nitrogens with one attached hydrogen (secondary N) is 2. The zero-order chi connectivity index (χ0) is 50.9. The predicted octanol–water partition coefficient (Wildman–Crippen LogP) is 10.2. The molecule has 1 aliphatic carbocycles. The third-order valence-electron chi connectivity index (χ3n) is 12.0. The summed E-state index contributed by atoms with van der Waals surface area (Å²) in [5.74, 6) is 0.646. The lowest BCUT2D eigenvalue weighted by atomic mass is 9.76. The van der Waals surface area contributed by atoms with Crippen LogP contribution in [-0.2, 0) is 21.4 Å². The van der Waals surface area contributed by atoms with Crippen LogP contribution in [-0.4, -0.2) is 96.6 Å². The van der Waals surface area contributed by atoms with Gasteiger partial charge in [-0.25, -0.2) is 0 Å². The van der Waals surface area contributed by atoms with Crippen LogP contribution in [0.3, 0.4) is 0 Å². The molecule has 0 bridgehead atoms. The summed E-state index contributed by atoms with van der Waals surface area (Å²) in [5.41, 5.74) is 5.99. The van der Waals surface area contributed by atoms with Crippen molar-refractivity contribution in [2.75, 3.05) is 41.4 Å². The van der Waals surface area contributed by atoms with Gasteiger partial charge in [-0.3, -0.25) is 33.4 Å². The maximum absolute atomic E-state index is 13.7. The van der Waals surface area contributed by atoms with Crippen LogP contribution in [0.15, 0.2) is 72.8 Å². The molecule has 4 aromatic rings. The maximum atomic E-state index is 13.7. The number of methoxy groups -OCH3 is 2. The first-order valence-corrected chi connectivity index (χ1v) is 24.9. The molecule has 1 saturated carbocycles. The van der Waals surface area contributed by atoms with Gasteiger partial charge in [0.05, 0.1) is 21.7 Å². The van der Waals surface area contributed by atoms with Gasteiger partial charge in [-0.05, 0) is 153 Å². The molecule has 366 valence electrons. The van der Waals surface area contributed by atoms with Crippen LogP contribution in [0.25, 0.3) is 0 Å². The van der Waals surface area contributed by atoms with E-state index in [0.717, 1.165) is 60.1 Å². The van der Waals surface area contributed by atoms with E-state index >= 15 is 0 Å². The van der Waals surface area contributed by atoms with Crippen LogP contribution >= 0.6 is 19.1 Å². The fraction of sp³-hybridized carbons (Fsp3) is 0.434. The topological polar surface area (TPSA) is 151 Å². The van der Waals surface area contributed by atoms with Gasteiger partial charge in [-0.1, -0.05) is 65.8 Å². The van der Waals surface area contributed by atoms with Crippen molar-refractivity contribution in [2.45, 2.75) is 111 Å². The highest BCUT2D eigenvalue weighted by atomic mass is 35.5. The molecule has 68 heavy (non-hydrogen) atoms. The molecule has 0 spiro atoms. The zero-order valence-electron chi connectivity index (χ0n) is 41.7. The number of ether oxygens (including phenoxy) is 2. The number of likely N-dealkylation sites (tertiary alicyclic amines) is 1. The second kappa shape index (κ2) is 26.4. The third-order valence-corrected chi connectivity index (χ3v) is 13.3. The minimum Gasteiger partial charge on any atom is -0.496 e. The first-order valence-electron chi connectivity index (χ1n) is 22.6. The lowest BCUT2D eigenvalue weighted by Gasteiger charge is -2.41. The van der Waals surface area contributed by atoms with E-state index in [9.17, 15) is 28.8 Å². The molecule has 2 fully saturated rings. The number of benzene rings is 4. The van der Waals surface area contributed by atoms with Gasteiger partial charge >= 0.3 is 0 Å². The van der Waals surface area contributed by atoms with Gasteiger partial charge in [0.25, 0.3) is 11.8 Å². The Morgan fingerprint density at radius 1 is 0.618 bits per heavy atom. The molecule has 3 amide bonds. The number of carbonyl (C=O) groups is 6. The lowest BCUT2D eigenvalue weighted by Crippen LogP contribution is -2.60. The normalized spacial score (nSPS) is 14.6. The average Bonchev–Trinajstić information content (AvgIpc) is 3.28. The third kappa shape index (κ3) is 15.9. The molecule has 1 heterocycles. The van der Waals surface area contributed by atoms with E-state index in [1.807, 2.05) is 96.7 Å². The second-order valence-corrected chi connectivity index (χ2v) is 19.7. The maximum Gasteiger partial charge on any atom is 0.252 e. The van der Waals surface area contributed by atoms with Gasteiger partial charge in [0, 0.05) is 60.3 Å². The van der Waals surface area contributed by atoms with E-state index in [2.05, 4.69) is 40.1 Å². The summed E-state index contributed by atoms with van der Waals surface area (Å²) in [5, 5.41) is 5.83. The summed E-state index contributed by atoms with van der Waals surface area (Å²) in [7, 11) is 7.95. The van der Waals surface area contributed by atoms with Crippen LogP contribution in [0.4, 0.5) is 0 Å². The van der Waals surface area contributed by atoms with Crippen molar-refractivity contribution in [3.05, 3.63) is 128 Å². The Bertz CT molecular complexity index is 2420. The standard InChI is InChI=1S/C25H30N2O4.C24H29NO3.C2H3ClO.C2H6NPS/c1-16-13-17(2)15-20(14-16)23(29)25(9-11-27(12-10-25)19(4)28)26-24(30)21-7-6-8-22(31-5)18(21)3;1-16-13-17(2)15-19(14-16)22(26)24(11-6-5-7-12-24)25-23(27)20-9-8-10-21(28-4)18(20)3;1-2(3)4;1-3(2)4-5/h6-8,13-15H,9-12H2,1-5H3,(H,26,30);8-10,13-15H,5-7,11-12H2,1-4H3,(H,25,27);1H3;1-2H3. The smallest absolute Gasteiger partial charge is 0.252 e. The van der Waals surface area contributed by atoms with E-state index in [0.29, 0.717) is 72.5 Å². The number of rotatable bonds is 11. The van der Waals surface area contributed by atoms with Crippen molar-refractivity contribution in [1.82, 2.24) is 20.2 Å². The second-order valence-electron chi connectivity index (χ2n) is 17.7. The zero-order valence-corrected chi connectivity index (χ0v) is 44.2. The molecule has 15 heteroatoms. The van der Waals surface area contributed by atoms with Crippen molar-refractivity contribution in [2.24, 2.45) is 0 Å². The molecule has 2 aliphatic rings. The Balaban J connectivity index is 0.000000307. The molecule has 0 atom stereocenters. The highest BCUT2D eigenvalue weighted by molar-refractivity contribution is 7.95. The molecule has 2 N–H and O–H groups in total. The summed E-state index contributed by atoms with van der Waals surface area (Å²) in [4.78, 5) is 76.5. The van der Waals surface area contributed by atoms with E-state index in [1.54, 1.807) is 49.5 Å². The lowest BCUT2D eigenvalue weighted by molar-refractivity contribution is -0.130. The highest BCUT2D eigenvalue weighted by Crippen LogP contribution is 2.34. The number of halogens is 1. The van der Waals surface area contributed by atoms with Crippen molar-refractivity contribution < 1.29 is 38.2 Å². The summed E-state index contributed by atoms with van der Waals surface area (Å²) < 4.78 is 12.6. The molecular formula is C53H68ClN4O8PS. The first-order chi connectivity index (χ1) is 32.0. The van der Waals surface area contributed by atoms with Crippen molar-refractivity contribution in [1.29, 1.82) is 0 Å².